The second-order valence-corrected chi connectivity index (χ2v) is 5.40. The van der Waals surface area contributed by atoms with Crippen LogP contribution in [0.1, 0.15) is 33.1 Å². The number of nitrogens with one attached hydrogen (secondary N) is 2. The zero-order valence-corrected chi connectivity index (χ0v) is 11.0. The summed E-state index contributed by atoms with van der Waals surface area (Å²) in [5, 5.41) is 14.7. The summed E-state index contributed by atoms with van der Waals surface area (Å²) in [7, 11) is 0. The first-order chi connectivity index (χ1) is 8.38. The van der Waals surface area contributed by atoms with Gasteiger partial charge in [-0.25, -0.2) is 4.79 Å². The molecule has 0 aromatic heterocycles. The highest BCUT2D eigenvalue weighted by Gasteiger charge is 2.38. The monoisotopic (exact) mass is 254 g/mol. The van der Waals surface area contributed by atoms with Gasteiger partial charge >= 0.3 is 5.97 Å². The van der Waals surface area contributed by atoms with Crippen molar-refractivity contribution in [3.05, 3.63) is 12.7 Å². The number of hydrogen-bond acceptors (Lipinski definition) is 3. The van der Waals surface area contributed by atoms with E-state index < -0.39 is 12.0 Å². The Balaban J connectivity index is 2.68. The van der Waals surface area contributed by atoms with Gasteiger partial charge in [-0.05, 0) is 31.2 Å². The van der Waals surface area contributed by atoms with Gasteiger partial charge in [-0.15, -0.1) is 6.58 Å². The zero-order valence-electron chi connectivity index (χ0n) is 11.0. The first-order valence-electron chi connectivity index (χ1n) is 6.26. The summed E-state index contributed by atoms with van der Waals surface area (Å²) < 4.78 is 0. The maximum atomic E-state index is 12.1. The van der Waals surface area contributed by atoms with Crippen molar-refractivity contribution in [3.8, 4) is 0 Å². The Morgan fingerprint density at radius 2 is 2.28 bits per heavy atom. The molecule has 1 aliphatic rings. The van der Waals surface area contributed by atoms with Crippen molar-refractivity contribution < 1.29 is 14.7 Å². The highest BCUT2D eigenvalue weighted by atomic mass is 16.4. The van der Waals surface area contributed by atoms with Crippen LogP contribution in [0.5, 0.6) is 0 Å². The SMILES string of the molecule is C=CCC(NC(=O)C1NCCCC1(C)C)C(=O)O. The Bertz CT molecular complexity index is 339. The molecule has 5 nitrogen and oxygen atoms in total. The van der Waals surface area contributed by atoms with Crippen molar-refractivity contribution in [2.24, 2.45) is 5.41 Å². The summed E-state index contributed by atoms with van der Waals surface area (Å²) in [6.45, 7) is 8.33. The van der Waals surface area contributed by atoms with Gasteiger partial charge in [0.15, 0.2) is 0 Å². The number of carboxylic acid groups (broad SMARTS) is 1. The summed E-state index contributed by atoms with van der Waals surface area (Å²) >= 11 is 0. The molecule has 2 unspecified atom stereocenters. The fourth-order valence-corrected chi connectivity index (χ4v) is 2.30. The van der Waals surface area contributed by atoms with Crippen molar-refractivity contribution in [2.45, 2.75) is 45.2 Å². The maximum Gasteiger partial charge on any atom is 0.326 e. The minimum Gasteiger partial charge on any atom is -0.480 e. The number of aliphatic carboxylic acids is 1. The first-order valence-corrected chi connectivity index (χ1v) is 6.26. The summed E-state index contributed by atoms with van der Waals surface area (Å²) in [4.78, 5) is 23.1. The molecule has 1 amide bonds. The average Bonchev–Trinajstić information content (AvgIpc) is 2.27. The number of amides is 1. The average molecular weight is 254 g/mol. The number of carbonyl (C=O) groups excluding carboxylic acids is 1. The summed E-state index contributed by atoms with van der Waals surface area (Å²) in [6.07, 6.45) is 3.72. The van der Waals surface area contributed by atoms with Crippen LogP contribution in [0.15, 0.2) is 12.7 Å². The molecular formula is C13H22N2O3. The van der Waals surface area contributed by atoms with E-state index in [0.717, 1.165) is 19.4 Å². The molecule has 5 heteroatoms. The number of carboxylic acids is 1. The molecule has 0 aliphatic carbocycles. The van der Waals surface area contributed by atoms with Crippen molar-refractivity contribution in [2.75, 3.05) is 6.54 Å². The van der Waals surface area contributed by atoms with Gasteiger partial charge in [-0.3, -0.25) is 4.79 Å². The maximum absolute atomic E-state index is 12.1. The topological polar surface area (TPSA) is 78.4 Å². The van der Waals surface area contributed by atoms with E-state index in [9.17, 15) is 9.59 Å². The predicted octanol–water partition coefficient (Wildman–Crippen LogP) is 0.910. The Kier molecular flexibility index (Phi) is 4.90. The third-order valence-corrected chi connectivity index (χ3v) is 3.41. The van der Waals surface area contributed by atoms with Gasteiger partial charge in [-0.1, -0.05) is 19.9 Å². The van der Waals surface area contributed by atoms with Gasteiger partial charge in [0.05, 0.1) is 6.04 Å². The molecule has 0 aromatic carbocycles. The first kappa shape index (κ1) is 14.7. The number of hydrogen-bond donors (Lipinski definition) is 3. The molecule has 0 bridgehead atoms. The minimum atomic E-state index is -1.03. The standard InChI is InChI=1S/C13H22N2O3/c1-4-6-9(12(17)18)15-11(16)10-13(2,3)7-5-8-14-10/h4,9-10,14H,1,5-8H2,2-3H3,(H,15,16)(H,17,18). The van der Waals surface area contributed by atoms with Gasteiger partial charge in [-0.2, -0.15) is 0 Å². The fraction of sp³-hybridized carbons (Fsp3) is 0.692. The molecular weight excluding hydrogens is 232 g/mol. The van der Waals surface area contributed by atoms with E-state index in [1.807, 2.05) is 13.8 Å². The van der Waals surface area contributed by atoms with Crippen LogP contribution in [-0.4, -0.2) is 35.6 Å². The summed E-state index contributed by atoms with van der Waals surface area (Å²) in [5.74, 6) is -1.27. The van der Waals surface area contributed by atoms with Crippen LogP contribution < -0.4 is 10.6 Å². The molecule has 1 fully saturated rings. The largest absolute Gasteiger partial charge is 0.480 e. The molecule has 0 aromatic rings. The molecule has 0 saturated carbocycles. The molecule has 2 atom stereocenters. The Morgan fingerprint density at radius 1 is 1.61 bits per heavy atom. The second-order valence-electron chi connectivity index (χ2n) is 5.40. The van der Waals surface area contributed by atoms with Gasteiger partial charge in [0, 0.05) is 0 Å². The van der Waals surface area contributed by atoms with E-state index in [1.54, 1.807) is 0 Å². The van der Waals surface area contributed by atoms with Crippen LogP contribution in [0, 0.1) is 5.41 Å². The quantitative estimate of drug-likeness (QED) is 0.637. The van der Waals surface area contributed by atoms with Crippen molar-refractivity contribution in [3.63, 3.8) is 0 Å². The van der Waals surface area contributed by atoms with Crippen LogP contribution >= 0.6 is 0 Å². The molecule has 1 saturated heterocycles. The van der Waals surface area contributed by atoms with Crippen molar-refractivity contribution in [1.82, 2.24) is 10.6 Å². The normalized spacial score (nSPS) is 24.0. The lowest BCUT2D eigenvalue weighted by Crippen LogP contribution is -2.58. The summed E-state index contributed by atoms with van der Waals surface area (Å²) in [5.41, 5.74) is -0.153. The van der Waals surface area contributed by atoms with Gasteiger partial charge < -0.3 is 15.7 Å². The van der Waals surface area contributed by atoms with Gasteiger partial charge in [0.2, 0.25) is 5.91 Å². The van der Waals surface area contributed by atoms with Crippen LogP contribution in [0.2, 0.25) is 0 Å². The molecule has 18 heavy (non-hydrogen) atoms. The van der Waals surface area contributed by atoms with Crippen molar-refractivity contribution >= 4 is 11.9 Å². The Morgan fingerprint density at radius 3 is 2.78 bits per heavy atom. The Labute approximate surface area is 108 Å². The molecule has 3 N–H and O–H groups in total. The molecule has 0 spiro atoms. The minimum absolute atomic E-state index is 0.153. The van der Waals surface area contributed by atoms with Gasteiger partial charge in [0.25, 0.3) is 0 Å². The van der Waals surface area contributed by atoms with Crippen LogP contribution in [-0.2, 0) is 9.59 Å². The second kappa shape index (κ2) is 6.00. The lowest BCUT2D eigenvalue weighted by Gasteiger charge is -2.38. The van der Waals surface area contributed by atoms with E-state index >= 15 is 0 Å². The van der Waals surface area contributed by atoms with Crippen LogP contribution in [0.3, 0.4) is 0 Å². The number of piperidine rings is 1. The Hall–Kier alpha value is -1.36. The van der Waals surface area contributed by atoms with Gasteiger partial charge in [0.1, 0.15) is 6.04 Å². The van der Waals surface area contributed by atoms with E-state index in [2.05, 4.69) is 17.2 Å². The third kappa shape index (κ3) is 3.57. The molecule has 1 rings (SSSR count). The molecule has 0 radical (unpaired) electrons. The lowest BCUT2D eigenvalue weighted by atomic mass is 9.77. The summed E-state index contributed by atoms with van der Waals surface area (Å²) in [6, 6.07) is -1.23. The van der Waals surface area contributed by atoms with E-state index in [4.69, 9.17) is 5.11 Å². The molecule has 1 aliphatic heterocycles. The zero-order chi connectivity index (χ0) is 13.8. The van der Waals surface area contributed by atoms with Crippen molar-refractivity contribution in [1.29, 1.82) is 0 Å². The highest BCUT2D eigenvalue weighted by molar-refractivity contribution is 5.87. The van der Waals surface area contributed by atoms with Crippen LogP contribution in [0.4, 0.5) is 0 Å². The predicted molar refractivity (Wildman–Crippen MR) is 69.2 cm³/mol. The highest BCUT2D eigenvalue weighted by Crippen LogP contribution is 2.30. The fourth-order valence-electron chi connectivity index (χ4n) is 2.30. The van der Waals surface area contributed by atoms with E-state index in [-0.39, 0.29) is 23.8 Å². The molecule has 102 valence electrons. The molecule has 1 heterocycles. The van der Waals surface area contributed by atoms with E-state index in [0.29, 0.717) is 0 Å². The smallest absolute Gasteiger partial charge is 0.326 e. The number of carbonyl (C=O) groups is 2. The lowest BCUT2D eigenvalue weighted by molar-refractivity contribution is -0.142. The van der Waals surface area contributed by atoms with Crippen LogP contribution in [0.25, 0.3) is 0 Å². The third-order valence-electron chi connectivity index (χ3n) is 3.41. The number of rotatable bonds is 5. The van der Waals surface area contributed by atoms with E-state index in [1.165, 1.54) is 6.08 Å².